The number of hydrogen-bond donors (Lipinski definition) is 0. The molecule has 4 rings (SSSR count). The normalized spacial score (nSPS) is 26.0. The molecule has 1 aliphatic carbocycles. The SMILES string of the molecule is Cc1cccc(C)c1N1C(=O)[C@@H]2CC[C@H](c3ccccc3)C[C@H]2C1=O. The molecule has 0 radical (unpaired) electrons. The Kier molecular flexibility index (Phi) is 3.95. The lowest BCUT2D eigenvalue weighted by Gasteiger charge is -2.28. The van der Waals surface area contributed by atoms with Crippen LogP contribution in [-0.2, 0) is 9.59 Å². The van der Waals surface area contributed by atoms with Crippen LogP contribution in [0.1, 0.15) is 41.9 Å². The van der Waals surface area contributed by atoms with Gasteiger partial charge in [0.1, 0.15) is 0 Å². The van der Waals surface area contributed by atoms with Crippen LogP contribution in [0.3, 0.4) is 0 Å². The highest BCUT2D eigenvalue weighted by Gasteiger charge is 2.51. The molecule has 3 heteroatoms. The van der Waals surface area contributed by atoms with E-state index in [-0.39, 0.29) is 23.7 Å². The number of rotatable bonds is 2. The smallest absolute Gasteiger partial charge is 0.237 e. The Bertz CT molecular complexity index is 807. The van der Waals surface area contributed by atoms with Crippen molar-refractivity contribution in [2.45, 2.75) is 39.0 Å². The zero-order valence-electron chi connectivity index (χ0n) is 14.7. The van der Waals surface area contributed by atoms with Gasteiger partial charge < -0.3 is 0 Å². The number of imide groups is 1. The van der Waals surface area contributed by atoms with Crippen LogP contribution in [0.15, 0.2) is 48.5 Å². The van der Waals surface area contributed by atoms with E-state index in [9.17, 15) is 9.59 Å². The first-order valence-electron chi connectivity index (χ1n) is 9.07. The number of para-hydroxylation sites is 1. The average molecular weight is 333 g/mol. The van der Waals surface area contributed by atoms with Crippen LogP contribution in [0, 0.1) is 25.7 Å². The summed E-state index contributed by atoms with van der Waals surface area (Å²) in [4.78, 5) is 27.6. The van der Waals surface area contributed by atoms with Gasteiger partial charge in [0.2, 0.25) is 11.8 Å². The van der Waals surface area contributed by atoms with Gasteiger partial charge in [-0.2, -0.15) is 0 Å². The summed E-state index contributed by atoms with van der Waals surface area (Å²) in [6.07, 6.45) is 2.56. The molecule has 1 saturated heterocycles. The van der Waals surface area contributed by atoms with Crippen molar-refractivity contribution in [3.63, 3.8) is 0 Å². The monoisotopic (exact) mass is 333 g/mol. The van der Waals surface area contributed by atoms with E-state index < -0.39 is 0 Å². The third kappa shape index (κ3) is 2.58. The summed E-state index contributed by atoms with van der Waals surface area (Å²) in [6.45, 7) is 3.94. The predicted molar refractivity (Wildman–Crippen MR) is 98.4 cm³/mol. The molecule has 1 aliphatic heterocycles. The van der Waals surface area contributed by atoms with Crippen molar-refractivity contribution in [1.29, 1.82) is 0 Å². The maximum atomic E-state index is 13.1. The first-order valence-corrected chi connectivity index (χ1v) is 9.07. The number of benzene rings is 2. The van der Waals surface area contributed by atoms with E-state index >= 15 is 0 Å². The predicted octanol–water partition coefficient (Wildman–Crippen LogP) is 4.38. The van der Waals surface area contributed by atoms with Crippen molar-refractivity contribution in [2.75, 3.05) is 4.90 Å². The zero-order chi connectivity index (χ0) is 17.6. The molecule has 2 aliphatic rings. The van der Waals surface area contributed by atoms with Gasteiger partial charge in [-0.1, -0.05) is 48.5 Å². The van der Waals surface area contributed by atoms with E-state index in [0.717, 1.165) is 36.1 Å². The molecule has 3 atom stereocenters. The second-order valence-corrected chi connectivity index (χ2v) is 7.39. The zero-order valence-corrected chi connectivity index (χ0v) is 14.7. The van der Waals surface area contributed by atoms with Crippen LogP contribution >= 0.6 is 0 Å². The van der Waals surface area contributed by atoms with Gasteiger partial charge in [0.05, 0.1) is 17.5 Å². The van der Waals surface area contributed by atoms with Gasteiger partial charge in [-0.25, -0.2) is 4.90 Å². The first-order chi connectivity index (χ1) is 12.1. The van der Waals surface area contributed by atoms with Gasteiger partial charge in [0.15, 0.2) is 0 Å². The first kappa shape index (κ1) is 16.1. The Morgan fingerprint density at radius 2 is 1.44 bits per heavy atom. The topological polar surface area (TPSA) is 37.4 Å². The summed E-state index contributed by atoms with van der Waals surface area (Å²) in [5.74, 6) is 0.0426. The second kappa shape index (κ2) is 6.14. The van der Waals surface area contributed by atoms with E-state index in [4.69, 9.17) is 0 Å². The molecule has 2 fully saturated rings. The number of anilines is 1. The minimum atomic E-state index is -0.175. The number of amides is 2. The summed E-state index contributed by atoms with van der Waals surface area (Å²) < 4.78 is 0. The molecule has 0 bridgehead atoms. The number of carbonyl (C=O) groups excluding carboxylic acids is 2. The molecule has 0 spiro atoms. The highest BCUT2D eigenvalue weighted by atomic mass is 16.2. The number of aryl methyl sites for hydroxylation is 2. The van der Waals surface area contributed by atoms with Gasteiger partial charge in [-0.15, -0.1) is 0 Å². The van der Waals surface area contributed by atoms with E-state index in [1.807, 2.05) is 50.2 Å². The molecule has 0 N–H and O–H groups in total. The largest absolute Gasteiger partial charge is 0.274 e. The summed E-state index contributed by atoms with van der Waals surface area (Å²) in [7, 11) is 0. The number of hydrogen-bond acceptors (Lipinski definition) is 2. The Balaban J connectivity index is 1.66. The highest BCUT2D eigenvalue weighted by Crippen LogP contribution is 2.46. The standard InChI is InChI=1S/C22H23NO2/c1-14-7-6-8-15(2)20(14)23-21(24)18-12-11-17(13-19(18)22(23)25)16-9-4-3-5-10-16/h3-10,17-19H,11-13H2,1-2H3/t17-,18+,19+/m0/s1. The van der Waals surface area contributed by atoms with Crippen molar-refractivity contribution >= 4 is 17.5 Å². The molecule has 0 aromatic heterocycles. The average Bonchev–Trinajstić information content (AvgIpc) is 2.87. The Morgan fingerprint density at radius 1 is 0.800 bits per heavy atom. The summed E-state index contributed by atoms with van der Waals surface area (Å²) in [6, 6.07) is 16.3. The molecular weight excluding hydrogens is 310 g/mol. The van der Waals surface area contributed by atoms with Crippen LogP contribution in [0.4, 0.5) is 5.69 Å². The Labute approximate surface area is 148 Å². The molecule has 1 saturated carbocycles. The van der Waals surface area contributed by atoms with E-state index in [1.165, 1.54) is 10.5 Å². The second-order valence-electron chi connectivity index (χ2n) is 7.39. The van der Waals surface area contributed by atoms with Crippen molar-refractivity contribution in [3.05, 3.63) is 65.2 Å². The number of nitrogens with zero attached hydrogens (tertiary/aromatic N) is 1. The fraction of sp³-hybridized carbons (Fsp3) is 0.364. The molecular formula is C22H23NO2. The fourth-order valence-corrected chi connectivity index (χ4v) is 4.59. The summed E-state index contributed by atoms with van der Waals surface area (Å²) in [5, 5.41) is 0. The van der Waals surface area contributed by atoms with Crippen molar-refractivity contribution in [3.8, 4) is 0 Å². The number of fused-ring (bicyclic) bond motifs is 1. The Hall–Kier alpha value is -2.42. The van der Waals surface area contributed by atoms with E-state index in [0.29, 0.717) is 5.92 Å². The fourth-order valence-electron chi connectivity index (χ4n) is 4.59. The lowest BCUT2D eigenvalue weighted by molar-refractivity contribution is -0.122. The van der Waals surface area contributed by atoms with Crippen molar-refractivity contribution < 1.29 is 9.59 Å². The minimum absolute atomic E-state index is 0.00101. The summed E-state index contributed by atoms with van der Waals surface area (Å²) in [5.41, 5.74) is 4.05. The molecule has 25 heavy (non-hydrogen) atoms. The molecule has 0 unspecified atom stereocenters. The van der Waals surface area contributed by atoms with Gasteiger partial charge in [0.25, 0.3) is 0 Å². The van der Waals surface area contributed by atoms with Crippen molar-refractivity contribution in [1.82, 2.24) is 0 Å². The lowest BCUT2D eigenvalue weighted by atomic mass is 9.73. The third-order valence-electron chi connectivity index (χ3n) is 5.86. The van der Waals surface area contributed by atoms with Crippen LogP contribution in [0.25, 0.3) is 0 Å². The van der Waals surface area contributed by atoms with Crippen molar-refractivity contribution in [2.24, 2.45) is 11.8 Å². The molecule has 2 aromatic rings. The molecule has 128 valence electrons. The molecule has 3 nitrogen and oxygen atoms in total. The van der Waals surface area contributed by atoms with E-state index in [2.05, 4.69) is 12.1 Å². The van der Waals surface area contributed by atoms with Gasteiger partial charge in [0, 0.05) is 0 Å². The van der Waals surface area contributed by atoms with Crippen LogP contribution in [-0.4, -0.2) is 11.8 Å². The van der Waals surface area contributed by atoms with Crippen LogP contribution < -0.4 is 4.90 Å². The van der Waals surface area contributed by atoms with Crippen LogP contribution in [0.5, 0.6) is 0 Å². The number of carbonyl (C=O) groups is 2. The van der Waals surface area contributed by atoms with Gasteiger partial charge in [-0.05, 0) is 55.7 Å². The summed E-state index contributed by atoms with van der Waals surface area (Å²) >= 11 is 0. The van der Waals surface area contributed by atoms with Crippen LogP contribution in [0.2, 0.25) is 0 Å². The lowest BCUT2D eigenvalue weighted by Crippen LogP contribution is -2.32. The van der Waals surface area contributed by atoms with E-state index in [1.54, 1.807) is 0 Å². The van der Waals surface area contributed by atoms with Gasteiger partial charge >= 0.3 is 0 Å². The highest BCUT2D eigenvalue weighted by molar-refractivity contribution is 6.22. The minimum Gasteiger partial charge on any atom is -0.274 e. The molecule has 2 amide bonds. The third-order valence-corrected chi connectivity index (χ3v) is 5.86. The Morgan fingerprint density at radius 3 is 2.12 bits per heavy atom. The quantitative estimate of drug-likeness (QED) is 0.765. The maximum Gasteiger partial charge on any atom is 0.237 e. The maximum absolute atomic E-state index is 13.1. The molecule has 2 aromatic carbocycles. The molecule has 1 heterocycles. The van der Waals surface area contributed by atoms with Gasteiger partial charge in [-0.3, -0.25) is 9.59 Å².